The second-order valence-corrected chi connectivity index (χ2v) is 6.23. The summed E-state index contributed by atoms with van der Waals surface area (Å²) in [5.41, 5.74) is 0.853. The number of aromatic nitrogens is 1. The van der Waals surface area contributed by atoms with Crippen LogP contribution in [0.25, 0.3) is 10.6 Å². The van der Waals surface area contributed by atoms with E-state index in [1.54, 1.807) is 23.6 Å². The van der Waals surface area contributed by atoms with Crippen molar-refractivity contribution < 1.29 is 9.18 Å². The number of nitrogens with zero attached hydrogens (tertiary/aromatic N) is 2. The summed E-state index contributed by atoms with van der Waals surface area (Å²) in [6, 6.07) is 6.98. The van der Waals surface area contributed by atoms with Crippen LogP contribution in [0, 0.1) is 5.82 Å². The minimum absolute atomic E-state index is 0.0617. The Kier molecular flexibility index (Phi) is 4.49. The third-order valence-corrected chi connectivity index (χ3v) is 4.89. The van der Waals surface area contributed by atoms with E-state index in [0.29, 0.717) is 22.3 Å². The first-order valence-electron chi connectivity index (χ1n) is 7.36. The second kappa shape index (κ2) is 6.54. The second-order valence-electron chi connectivity index (χ2n) is 5.37. The third kappa shape index (κ3) is 3.03. The molecule has 0 bridgehead atoms. The van der Waals surface area contributed by atoms with Gasteiger partial charge in [0.05, 0.1) is 0 Å². The number of carbonyl (C=O) groups excluding carboxylic acids is 1. The van der Waals surface area contributed by atoms with Crippen LogP contribution in [-0.2, 0) is 0 Å². The fraction of sp³-hybridized carbons (Fsp3) is 0.375. The van der Waals surface area contributed by atoms with Gasteiger partial charge in [0.25, 0.3) is 5.91 Å². The maximum Gasteiger partial charge on any atom is 0.273 e. The number of likely N-dealkylation sites (tertiary alicyclic amines) is 1. The van der Waals surface area contributed by atoms with Gasteiger partial charge in [0.15, 0.2) is 0 Å². The normalized spacial score (nSPS) is 16.0. The average molecular weight is 319 g/mol. The molecular weight excluding hydrogens is 301 g/mol. The van der Waals surface area contributed by atoms with Crippen LogP contribution in [-0.4, -0.2) is 42.0 Å². The molecule has 4 nitrogen and oxygen atoms in total. The van der Waals surface area contributed by atoms with E-state index in [9.17, 15) is 9.18 Å². The first-order chi connectivity index (χ1) is 10.7. The average Bonchev–Trinajstić information content (AvgIpc) is 3.04. The zero-order valence-corrected chi connectivity index (χ0v) is 13.2. The highest BCUT2D eigenvalue weighted by Gasteiger charge is 2.24. The summed E-state index contributed by atoms with van der Waals surface area (Å²) < 4.78 is 13.8. The van der Waals surface area contributed by atoms with Gasteiger partial charge in [-0.15, -0.1) is 11.3 Å². The number of thiazole rings is 1. The summed E-state index contributed by atoms with van der Waals surface area (Å²) in [5, 5.41) is 5.51. The molecular formula is C16H18FN3OS. The lowest BCUT2D eigenvalue weighted by Gasteiger charge is -2.31. The smallest absolute Gasteiger partial charge is 0.273 e. The van der Waals surface area contributed by atoms with Crippen molar-refractivity contribution in [1.82, 2.24) is 15.2 Å². The number of benzene rings is 1. The monoisotopic (exact) mass is 319 g/mol. The highest BCUT2D eigenvalue weighted by molar-refractivity contribution is 7.13. The van der Waals surface area contributed by atoms with Gasteiger partial charge in [-0.3, -0.25) is 4.79 Å². The van der Waals surface area contributed by atoms with E-state index in [2.05, 4.69) is 10.3 Å². The zero-order valence-electron chi connectivity index (χ0n) is 12.4. The molecule has 1 N–H and O–H groups in total. The van der Waals surface area contributed by atoms with Crippen molar-refractivity contribution in [2.24, 2.45) is 0 Å². The SMILES string of the molecule is CNC1CCN(C(=O)c2csc(-c3ccccc3F)n2)CC1. The molecule has 0 spiro atoms. The largest absolute Gasteiger partial charge is 0.337 e. The molecule has 22 heavy (non-hydrogen) atoms. The maximum absolute atomic E-state index is 13.8. The lowest BCUT2D eigenvalue weighted by molar-refractivity contribution is 0.0702. The summed E-state index contributed by atoms with van der Waals surface area (Å²) in [5.74, 6) is -0.376. The van der Waals surface area contributed by atoms with Crippen molar-refractivity contribution in [1.29, 1.82) is 0 Å². The predicted molar refractivity (Wildman–Crippen MR) is 85.5 cm³/mol. The molecule has 1 aliphatic heterocycles. The van der Waals surface area contributed by atoms with Crippen molar-refractivity contribution in [3.8, 4) is 10.6 Å². The Morgan fingerprint density at radius 1 is 1.36 bits per heavy atom. The molecule has 2 heterocycles. The molecule has 2 aromatic rings. The maximum atomic E-state index is 13.8. The standard InChI is InChI=1S/C16H18FN3OS/c1-18-11-6-8-20(9-7-11)16(21)14-10-22-15(19-14)12-4-2-3-5-13(12)17/h2-5,10-11,18H,6-9H2,1H3. The molecule has 1 fully saturated rings. The van der Waals surface area contributed by atoms with Crippen molar-refractivity contribution in [3.05, 3.63) is 41.2 Å². The summed E-state index contributed by atoms with van der Waals surface area (Å²) in [7, 11) is 1.95. The molecule has 0 unspecified atom stereocenters. The number of amides is 1. The quantitative estimate of drug-likeness (QED) is 0.946. The zero-order chi connectivity index (χ0) is 15.5. The van der Waals surface area contributed by atoms with Gasteiger partial charge in [-0.05, 0) is 32.0 Å². The van der Waals surface area contributed by atoms with Gasteiger partial charge < -0.3 is 10.2 Å². The van der Waals surface area contributed by atoms with Crippen LogP contribution in [0.4, 0.5) is 4.39 Å². The molecule has 0 atom stereocenters. The van der Waals surface area contributed by atoms with Gasteiger partial charge in [0, 0.05) is 30.1 Å². The van der Waals surface area contributed by atoms with E-state index in [4.69, 9.17) is 0 Å². The molecule has 0 radical (unpaired) electrons. The van der Waals surface area contributed by atoms with Crippen LogP contribution in [0.2, 0.25) is 0 Å². The van der Waals surface area contributed by atoms with Gasteiger partial charge in [0.1, 0.15) is 16.5 Å². The summed E-state index contributed by atoms with van der Waals surface area (Å²) in [4.78, 5) is 18.6. The van der Waals surface area contributed by atoms with E-state index >= 15 is 0 Å². The number of nitrogens with one attached hydrogen (secondary N) is 1. The summed E-state index contributed by atoms with van der Waals surface area (Å²) >= 11 is 1.30. The Balaban J connectivity index is 1.74. The topological polar surface area (TPSA) is 45.2 Å². The Labute approximate surface area is 133 Å². The number of rotatable bonds is 3. The van der Waals surface area contributed by atoms with Crippen molar-refractivity contribution >= 4 is 17.2 Å². The first-order valence-corrected chi connectivity index (χ1v) is 8.24. The lowest BCUT2D eigenvalue weighted by Crippen LogP contribution is -2.44. The Hall–Kier alpha value is -1.79. The number of piperidine rings is 1. The summed E-state index contributed by atoms with van der Waals surface area (Å²) in [6.07, 6.45) is 1.90. The summed E-state index contributed by atoms with van der Waals surface area (Å²) in [6.45, 7) is 1.47. The van der Waals surface area contributed by atoms with E-state index in [-0.39, 0.29) is 11.7 Å². The Bertz CT molecular complexity index is 665. The van der Waals surface area contributed by atoms with Crippen LogP contribution in [0.5, 0.6) is 0 Å². The van der Waals surface area contributed by atoms with E-state index in [1.807, 2.05) is 11.9 Å². The van der Waals surface area contributed by atoms with Crippen LogP contribution >= 0.6 is 11.3 Å². The molecule has 1 aromatic carbocycles. The molecule has 116 valence electrons. The van der Waals surface area contributed by atoms with Crippen LogP contribution in [0.1, 0.15) is 23.3 Å². The molecule has 1 aromatic heterocycles. The van der Waals surface area contributed by atoms with Gasteiger partial charge in [0.2, 0.25) is 0 Å². The number of halogens is 1. The molecule has 1 amide bonds. The minimum atomic E-state index is -0.314. The van der Waals surface area contributed by atoms with Crippen LogP contribution < -0.4 is 5.32 Å². The molecule has 3 rings (SSSR count). The van der Waals surface area contributed by atoms with Gasteiger partial charge in [-0.25, -0.2) is 9.37 Å². The number of carbonyl (C=O) groups is 1. The van der Waals surface area contributed by atoms with Gasteiger partial charge >= 0.3 is 0 Å². The lowest BCUT2D eigenvalue weighted by atomic mass is 10.1. The van der Waals surface area contributed by atoms with E-state index in [1.165, 1.54) is 17.4 Å². The van der Waals surface area contributed by atoms with Crippen LogP contribution in [0.3, 0.4) is 0 Å². The van der Waals surface area contributed by atoms with Crippen molar-refractivity contribution in [3.63, 3.8) is 0 Å². The highest BCUT2D eigenvalue weighted by Crippen LogP contribution is 2.27. The number of hydrogen-bond acceptors (Lipinski definition) is 4. The van der Waals surface area contributed by atoms with Crippen molar-refractivity contribution in [2.75, 3.05) is 20.1 Å². The molecule has 0 aliphatic carbocycles. The van der Waals surface area contributed by atoms with Crippen molar-refractivity contribution in [2.45, 2.75) is 18.9 Å². The van der Waals surface area contributed by atoms with Gasteiger partial charge in [-0.1, -0.05) is 12.1 Å². The van der Waals surface area contributed by atoms with Gasteiger partial charge in [-0.2, -0.15) is 0 Å². The third-order valence-electron chi connectivity index (χ3n) is 4.02. The molecule has 0 saturated carbocycles. The Morgan fingerprint density at radius 3 is 2.77 bits per heavy atom. The van der Waals surface area contributed by atoms with E-state index < -0.39 is 0 Å². The highest BCUT2D eigenvalue weighted by atomic mass is 32.1. The fourth-order valence-electron chi connectivity index (χ4n) is 2.66. The molecule has 6 heteroatoms. The minimum Gasteiger partial charge on any atom is -0.337 e. The predicted octanol–water partition coefficient (Wildman–Crippen LogP) is 2.77. The Morgan fingerprint density at radius 2 is 2.09 bits per heavy atom. The molecule has 1 aliphatic rings. The number of hydrogen-bond donors (Lipinski definition) is 1. The van der Waals surface area contributed by atoms with Crippen LogP contribution in [0.15, 0.2) is 29.6 Å². The van der Waals surface area contributed by atoms with E-state index in [0.717, 1.165) is 25.9 Å². The fourth-order valence-corrected chi connectivity index (χ4v) is 3.48. The molecule has 1 saturated heterocycles. The first kappa shape index (κ1) is 15.1.